The standard InChI is InChI=1S/C12H19N3O5/c16-10(17)7-6-9(11(18)19)14-15-12(20)13-8-4-2-1-3-5-8/h6,8,14H,1-5,7H2,(H,16,17)(H,18,19)(H2,13,15,20). The van der Waals surface area contributed by atoms with E-state index in [0.717, 1.165) is 31.8 Å². The molecule has 0 spiro atoms. The molecule has 0 aromatic heterocycles. The van der Waals surface area contributed by atoms with Gasteiger partial charge in [0.05, 0.1) is 6.42 Å². The maximum Gasteiger partial charge on any atom is 0.353 e. The van der Waals surface area contributed by atoms with E-state index in [1.807, 2.05) is 0 Å². The van der Waals surface area contributed by atoms with Gasteiger partial charge in [0.1, 0.15) is 5.70 Å². The molecule has 0 heterocycles. The van der Waals surface area contributed by atoms with Gasteiger partial charge in [0.15, 0.2) is 0 Å². The van der Waals surface area contributed by atoms with Crippen LogP contribution in [0.2, 0.25) is 0 Å². The number of carbonyl (C=O) groups is 3. The highest BCUT2D eigenvalue weighted by molar-refractivity contribution is 5.87. The van der Waals surface area contributed by atoms with Crippen LogP contribution in [0.15, 0.2) is 11.8 Å². The van der Waals surface area contributed by atoms with Crippen LogP contribution in [0.3, 0.4) is 0 Å². The molecule has 20 heavy (non-hydrogen) atoms. The summed E-state index contributed by atoms with van der Waals surface area (Å²) in [6, 6.07) is -0.429. The van der Waals surface area contributed by atoms with E-state index in [0.29, 0.717) is 0 Å². The fraction of sp³-hybridized carbons (Fsp3) is 0.583. The third kappa shape index (κ3) is 6.07. The van der Waals surface area contributed by atoms with Crippen LogP contribution in [0, 0.1) is 0 Å². The van der Waals surface area contributed by atoms with Gasteiger partial charge in [-0.25, -0.2) is 9.59 Å². The molecule has 0 aromatic carbocycles. The fourth-order valence-electron chi connectivity index (χ4n) is 1.97. The monoisotopic (exact) mass is 285 g/mol. The Morgan fingerprint density at radius 3 is 2.25 bits per heavy atom. The lowest BCUT2D eigenvalue weighted by Crippen LogP contribution is -2.48. The number of aliphatic carboxylic acids is 2. The predicted octanol–water partition coefficient (Wildman–Crippen LogP) is 0.566. The summed E-state index contributed by atoms with van der Waals surface area (Å²) in [5.74, 6) is -2.50. The van der Waals surface area contributed by atoms with Crippen LogP contribution in [0.25, 0.3) is 0 Å². The minimum absolute atomic E-state index is 0.0989. The first kappa shape index (κ1) is 15.8. The first-order valence-electron chi connectivity index (χ1n) is 6.47. The van der Waals surface area contributed by atoms with Crippen LogP contribution in [-0.4, -0.2) is 34.2 Å². The number of hydrogen-bond donors (Lipinski definition) is 5. The summed E-state index contributed by atoms with van der Waals surface area (Å²) < 4.78 is 0. The molecule has 1 aliphatic rings. The highest BCUT2D eigenvalue weighted by Crippen LogP contribution is 2.16. The lowest BCUT2D eigenvalue weighted by Gasteiger charge is -2.23. The Balaban J connectivity index is 2.38. The van der Waals surface area contributed by atoms with Crippen molar-refractivity contribution in [1.82, 2.24) is 16.2 Å². The van der Waals surface area contributed by atoms with Gasteiger partial charge in [-0.3, -0.25) is 15.6 Å². The van der Waals surface area contributed by atoms with Crippen molar-refractivity contribution < 1.29 is 24.6 Å². The van der Waals surface area contributed by atoms with Crippen LogP contribution >= 0.6 is 0 Å². The SMILES string of the molecule is O=C(O)CC=C(NNC(=O)NC1CCCCC1)C(=O)O. The average molecular weight is 285 g/mol. The minimum atomic E-state index is -1.34. The minimum Gasteiger partial charge on any atom is -0.481 e. The molecule has 0 radical (unpaired) electrons. The fourth-order valence-corrected chi connectivity index (χ4v) is 1.97. The van der Waals surface area contributed by atoms with E-state index in [2.05, 4.69) is 16.2 Å². The third-order valence-corrected chi connectivity index (χ3v) is 2.96. The topological polar surface area (TPSA) is 128 Å². The van der Waals surface area contributed by atoms with Gasteiger partial charge in [-0.15, -0.1) is 0 Å². The Kier molecular flexibility index (Phi) is 6.34. The Morgan fingerprint density at radius 2 is 1.70 bits per heavy atom. The highest BCUT2D eigenvalue weighted by atomic mass is 16.4. The maximum atomic E-state index is 11.6. The van der Waals surface area contributed by atoms with Crippen LogP contribution in [0.5, 0.6) is 0 Å². The second kappa shape index (κ2) is 8.03. The summed E-state index contributed by atoms with van der Waals surface area (Å²) in [6.07, 6.45) is 5.65. The van der Waals surface area contributed by atoms with Crippen LogP contribution in [0.1, 0.15) is 38.5 Å². The number of carboxylic acid groups (broad SMARTS) is 2. The van der Waals surface area contributed by atoms with E-state index in [9.17, 15) is 14.4 Å². The van der Waals surface area contributed by atoms with Crippen molar-refractivity contribution in [1.29, 1.82) is 0 Å². The molecule has 8 heteroatoms. The molecule has 112 valence electrons. The summed E-state index contributed by atoms with van der Waals surface area (Å²) in [4.78, 5) is 32.7. The Hall–Kier alpha value is -2.25. The van der Waals surface area contributed by atoms with Crippen LogP contribution in [-0.2, 0) is 9.59 Å². The predicted molar refractivity (Wildman–Crippen MR) is 69.6 cm³/mol. The Labute approximate surface area is 116 Å². The molecule has 0 unspecified atom stereocenters. The number of nitrogens with one attached hydrogen (secondary N) is 3. The number of urea groups is 1. The van der Waals surface area contributed by atoms with Gasteiger partial charge in [0.2, 0.25) is 0 Å². The molecule has 0 saturated heterocycles. The van der Waals surface area contributed by atoms with Crippen LogP contribution < -0.4 is 16.2 Å². The smallest absolute Gasteiger partial charge is 0.353 e. The van der Waals surface area contributed by atoms with Gasteiger partial charge in [-0.2, -0.15) is 0 Å². The molecule has 5 N–H and O–H groups in total. The molecular formula is C12H19N3O5. The van der Waals surface area contributed by atoms with Gasteiger partial charge >= 0.3 is 18.0 Å². The van der Waals surface area contributed by atoms with E-state index < -0.39 is 24.4 Å². The zero-order valence-electron chi connectivity index (χ0n) is 11.0. The molecule has 8 nitrogen and oxygen atoms in total. The number of rotatable bonds is 6. The summed E-state index contributed by atoms with van der Waals surface area (Å²) in [5, 5.41) is 20.0. The van der Waals surface area contributed by atoms with Gasteiger partial charge in [0, 0.05) is 6.04 Å². The Bertz CT molecular complexity index is 402. The van der Waals surface area contributed by atoms with E-state index in [-0.39, 0.29) is 11.7 Å². The van der Waals surface area contributed by atoms with Gasteiger partial charge < -0.3 is 15.5 Å². The average Bonchev–Trinajstić information content (AvgIpc) is 2.39. The van der Waals surface area contributed by atoms with Crippen molar-refractivity contribution in [2.75, 3.05) is 0 Å². The van der Waals surface area contributed by atoms with Gasteiger partial charge in [0.25, 0.3) is 0 Å². The molecule has 1 rings (SSSR count). The van der Waals surface area contributed by atoms with Crippen molar-refractivity contribution in [2.45, 2.75) is 44.6 Å². The van der Waals surface area contributed by atoms with E-state index in [1.165, 1.54) is 6.42 Å². The number of carbonyl (C=O) groups excluding carboxylic acids is 1. The number of hydrazine groups is 1. The van der Waals surface area contributed by atoms with E-state index in [4.69, 9.17) is 10.2 Å². The lowest BCUT2D eigenvalue weighted by molar-refractivity contribution is -0.136. The molecule has 0 bridgehead atoms. The first-order valence-corrected chi connectivity index (χ1v) is 6.47. The molecular weight excluding hydrogens is 266 g/mol. The molecule has 0 atom stereocenters. The second-order valence-electron chi connectivity index (χ2n) is 4.58. The zero-order valence-corrected chi connectivity index (χ0v) is 11.0. The largest absolute Gasteiger partial charge is 0.481 e. The summed E-state index contributed by atoms with van der Waals surface area (Å²) in [7, 11) is 0. The van der Waals surface area contributed by atoms with Gasteiger partial charge in [-0.05, 0) is 18.9 Å². The molecule has 1 aliphatic carbocycles. The summed E-state index contributed by atoms with van der Waals surface area (Å²) in [6.45, 7) is 0. The number of amides is 2. The number of hydrogen-bond acceptors (Lipinski definition) is 4. The number of carboxylic acids is 2. The third-order valence-electron chi connectivity index (χ3n) is 2.96. The van der Waals surface area contributed by atoms with E-state index in [1.54, 1.807) is 0 Å². The van der Waals surface area contributed by atoms with Crippen molar-refractivity contribution in [3.63, 3.8) is 0 Å². The zero-order chi connectivity index (χ0) is 15.0. The van der Waals surface area contributed by atoms with E-state index >= 15 is 0 Å². The molecule has 1 fully saturated rings. The Morgan fingerprint density at radius 1 is 1.05 bits per heavy atom. The summed E-state index contributed by atoms with van der Waals surface area (Å²) >= 11 is 0. The quantitative estimate of drug-likeness (QED) is 0.358. The van der Waals surface area contributed by atoms with Crippen molar-refractivity contribution in [2.24, 2.45) is 0 Å². The lowest BCUT2D eigenvalue weighted by atomic mass is 9.96. The second-order valence-corrected chi connectivity index (χ2v) is 4.58. The normalized spacial score (nSPS) is 16.3. The van der Waals surface area contributed by atoms with Crippen molar-refractivity contribution in [3.05, 3.63) is 11.8 Å². The molecule has 1 saturated carbocycles. The molecule has 2 amide bonds. The molecule has 0 aromatic rings. The summed E-state index contributed by atoms with van der Waals surface area (Å²) in [5.41, 5.74) is 4.01. The first-order chi connectivity index (χ1) is 9.49. The molecule has 0 aliphatic heterocycles. The highest BCUT2D eigenvalue weighted by Gasteiger charge is 2.16. The van der Waals surface area contributed by atoms with Gasteiger partial charge in [-0.1, -0.05) is 19.3 Å². The maximum absolute atomic E-state index is 11.6. The van der Waals surface area contributed by atoms with Crippen molar-refractivity contribution >= 4 is 18.0 Å². The van der Waals surface area contributed by atoms with Crippen LogP contribution in [0.4, 0.5) is 4.79 Å². The van der Waals surface area contributed by atoms with Crippen molar-refractivity contribution in [3.8, 4) is 0 Å².